The lowest BCUT2D eigenvalue weighted by Gasteiger charge is -2.06. The van der Waals surface area contributed by atoms with E-state index in [-0.39, 0.29) is 5.91 Å². The number of hydrogen-bond donors (Lipinski definition) is 1. The predicted molar refractivity (Wildman–Crippen MR) is 117 cm³/mol. The van der Waals surface area contributed by atoms with E-state index in [9.17, 15) is 4.79 Å². The van der Waals surface area contributed by atoms with E-state index >= 15 is 0 Å². The number of para-hydroxylation sites is 1. The van der Waals surface area contributed by atoms with Gasteiger partial charge in [0.15, 0.2) is 0 Å². The highest BCUT2D eigenvalue weighted by Gasteiger charge is 2.14. The van der Waals surface area contributed by atoms with Crippen molar-refractivity contribution < 1.29 is 4.79 Å². The van der Waals surface area contributed by atoms with Gasteiger partial charge in [0.25, 0.3) is 0 Å². The fourth-order valence-electron chi connectivity index (χ4n) is 3.66. The molecular weight excluding hydrogens is 386 g/mol. The van der Waals surface area contributed by atoms with Gasteiger partial charge in [0.2, 0.25) is 5.91 Å². The molecule has 2 aromatic heterocycles. The smallest absolute Gasteiger partial charge is 0.219 e. The molecule has 1 aliphatic rings. The van der Waals surface area contributed by atoms with E-state index in [1.54, 1.807) is 11.3 Å². The van der Waals surface area contributed by atoms with Crippen molar-refractivity contribution in [3.05, 3.63) is 44.9 Å². The second-order valence-corrected chi connectivity index (χ2v) is 9.70. The molecule has 28 heavy (non-hydrogen) atoms. The van der Waals surface area contributed by atoms with Gasteiger partial charge in [-0.1, -0.05) is 12.1 Å². The molecule has 0 aliphatic heterocycles. The molecule has 0 unspecified atom stereocenters. The highest BCUT2D eigenvalue weighted by atomic mass is 32.1. The maximum absolute atomic E-state index is 12.0. The number of nitrogens with zero attached hydrogens (tertiary/aromatic N) is 2. The molecule has 4 nitrogen and oxygen atoms in total. The van der Waals surface area contributed by atoms with Gasteiger partial charge in [0.1, 0.15) is 0 Å². The minimum absolute atomic E-state index is 0.169. The van der Waals surface area contributed by atoms with Crippen LogP contribution in [0, 0.1) is 0 Å². The molecule has 0 fully saturated rings. The summed E-state index contributed by atoms with van der Waals surface area (Å²) < 4.78 is 1.25. The zero-order valence-electron chi connectivity index (χ0n) is 16.2. The highest BCUT2D eigenvalue weighted by molar-refractivity contribution is 7.18. The van der Waals surface area contributed by atoms with Crippen molar-refractivity contribution in [3.8, 4) is 0 Å². The van der Waals surface area contributed by atoms with Crippen molar-refractivity contribution in [3.63, 3.8) is 0 Å². The van der Waals surface area contributed by atoms with Gasteiger partial charge in [-0.25, -0.2) is 9.97 Å². The van der Waals surface area contributed by atoms with Gasteiger partial charge in [-0.05, 0) is 63.5 Å². The SMILES string of the molecule is O=C(CCCCc1nc2ccccc2s1)NCCCc1nc2c(s1)CCCC2. The normalized spacial score (nSPS) is 13.6. The van der Waals surface area contributed by atoms with Gasteiger partial charge < -0.3 is 5.32 Å². The summed E-state index contributed by atoms with van der Waals surface area (Å²) in [5.41, 5.74) is 2.42. The van der Waals surface area contributed by atoms with E-state index in [1.807, 2.05) is 17.4 Å². The second kappa shape index (κ2) is 9.61. The van der Waals surface area contributed by atoms with Crippen LogP contribution in [-0.4, -0.2) is 22.4 Å². The summed E-state index contributed by atoms with van der Waals surface area (Å²) in [6, 6.07) is 8.25. The molecule has 2 heterocycles. The van der Waals surface area contributed by atoms with Crippen LogP contribution in [0.3, 0.4) is 0 Å². The maximum Gasteiger partial charge on any atom is 0.219 e. The van der Waals surface area contributed by atoms with Crippen molar-refractivity contribution in [1.29, 1.82) is 0 Å². The van der Waals surface area contributed by atoms with Crippen LogP contribution < -0.4 is 5.32 Å². The van der Waals surface area contributed by atoms with Gasteiger partial charge >= 0.3 is 0 Å². The van der Waals surface area contributed by atoms with Gasteiger partial charge in [-0.3, -0.25) is 4.79 Å². The van der Waals surface area contributed by atoms with Crippen molar-refractivity contribution in [2.24, 2.45) is 0 Å². The lowest BCUT2D eigenvalue weighted by Crippen LogP contribution is -2.24. The average molecular weight is 414 g/mol. The van der Waals surface area contributed by atoms with E-state index in [4.69, 9.17) is 4.98 Å². The number of aryl methyl sites for hydroxylation is 4. The molecule has 0 bridgehead atoms. The lowest BCUT2D eigenvalue weighted by molar-refractivity contribution is -0.121. The molecular formula is C22H27N3OS2. The minimum atomic E-state index is 0.169. The number of rotatable bonds is 9. The molecule has 0 spiro atoms. The van der Waals surface area contributed by atoms with Gasteiger partial charge in [0, 0.05) is 24.3 Å². The molecule has 3 aromatic rings. The van der Waals surface area contributed by atoms with Crippen LogP contribution in [0.5, 0.6) is 0 Å². The number of benzene rings is 1. The Labute approximate surface area is 174 Å². The number of aromatic nitrogens is 2. The largest absolute Gasteiger partial charge is 0.356 e. The van der Waals surface area contributed by atoms with Gasteiger partial charge in [0.05, 0.1) is 25.9 Å². The monoisotopic (exact) mass is 413 g/mol. The molecule has 1 N–H and O–H groups in total. The Morgan fingerprint density at radius 2 is 1.79 bits per heavy atom. The number of fused-ring (bicyclic) bond motifs is 2. The number of amides is 1. The van der Waals surface area contributed by atoms with Crippen LogP contribution in [0.25, 0.3) is 10.2 Å². The molecule has 148 valence electrons. The van der Waals surface area contributed by atoms with Crippen molar-refractivity contribution in [2.75, 3.05) is 6.54 Å². The molecule has 0 radical (unpaired) electrons. The molecule has 0 atom stereocenters. The molecule has 1 aromatic carbocycles. The molecule has 6 heteroatoms. The zero-order chi connectivity index (χ0) is 19.2. The van der Waals surface area contributed by atoms with Crippen molar-refractivity contribution >= 4 is 38.8 Å². The number of carbonyl (C=O) groups excluding carboxylic acids is 1. The summed E-state index contributed by atoms with van der Waals surface area (Å²) in [4.78, 5) is 23.0. The maximum atomic E-state index is 12.0. The Balaban J connectivity index is 1.09. The lowest BCUT2D eigenvalue weighted by atomic mass is 10.0. The Hall–Kier alpha value is -1.79. The first kappa shape index (κ1) is 19.5. The van der Waals surface area contributed by atoms with E-state index in [0.29, 0.717) is 6.42 Å². The van der Waals surface area contributed by atoms with Crippen LogP contribution >= 0.6 is 22.7 Å². The zero-order valence-corrected chi connectivity index (χ0v) is 17.8. The first-order valence-electron chi connectivity index (χ1n) is 10.4. The van der Waals surface area contributed by atoms with Crippen LogP contribution in [0.4, 0.5) is 0 Å². The molecule has 1 aliphatic carbocycles. The van der Waals surface area contributed by atoms with E-state index in [1.165, 1.54) is 44.5 Å². The minimum Gasteiger partial charge on any atom is -0.356 e. The first-order chi connectivity index (χ1) is 13.8. The van der Waals surface area contributed by atoms with Crippen LogP contribution in [0.2, 0.25) is 0 Å². The second-order valence-electron chi connectivity index (χ2n) is 7.42. The molecule has 0 saturated carbocycles. The van der Waals surface area contributed by atoms with Crippen molar-refractivity contribution in [2.45, 2.75) is 64.2 Å². The van der Waals surface area contributed by atoms with Gasteiger partial charge in [-0.15, -0.1) is 22.7 Å². The molecule has 4 rings (SSSR count). The molecule has 1 amide bonds. The Morgan fingerprint density at radius 3 is 2.68 bits per heavy atom. The summed E-state index contributed by atoms with van der Waals surface area (Å²) in [7, 11) is 0. The summed E-state index contributed by atoms with van der Waals surface area (Å²) in [6.45, 7) is 0.751. The van der Waals surface area contributed by atoms with Crippen LogP contribution in [-0.2, 0) is 30.5 Å². The number of unbranched alkanes of at least 4 members (excludes halogenated alkanes) is 1. The fourth-order valence-corrected chi connectivity index (χ4v) is 5.86. The number of nitrogens with one attached hydrogen (secondary N) is 1. The van der Waals surface area contributed by atoms with E-state index < -0.39 is 0 Å². The fraction of sp³-hybridized carbons (Fsp3) is 0.500. The number of thiazole rings is 2. The summed E-state index contributed by atoms with van der Waals surface area (Å²) in [5, 5.41) is 5.48. The quantitative estimate of drug-likeness (QED) is 0.497. The van der Waals surface area contributed by atoms with Crippen LogP contribution in [0.15, 0.2) is 24.3 Å². The standard InChI is InChI=1S/C22H27N3OS2/c26-20(12-5-6-13-21-24-16-8-1-3-10-18(16)27-21)23-15-7-14-22-25-17-9-2-4-11-19(17)28-22/h1,3,8,10H,2,4-7,9,11-15H2,(H,23,26). The highest BCUT2D eigenvalue weighted by Crippen LogP contribution is 2.27. The molecule has 0 saturated heterocycles. The summed E-state index contributed by atoms with van der Waals surface area (Å²) in [6.07, 6.45) is 10.4. The van der Waals surface area contributed by atoms with Crippen LogP contribution in [0.1, 0.15) is 59.1 Å². The Kier molecular flexibility index (Phi) is 6.70. The number of carbonyl (C=O) groups is 1. The summed E-state index contributed by atoms with van der Waals surface area (Å²) in [5.74, 6) is 0.169. The third kappa shape index (κ3) is 5.17. The van der Waals surface area contributed by atoms with E-state index in [0.717, 1.165) is 50.6 Å². The Morgan fingerprint density at radius 1 is 0.964 bits per heavy atom. The summed E-state index contributed by atoms with van der Waals surface area (Å²) >= 11 is 3.65. The topological polar surface area (TPSA) is 54.9 Å². The first-order valence-corrected chi connectivity index (χ1v) is 12.0. The van der Waals surface area contributed by atoms with E-state index in [2.05, 4.69) is 28.5 Å². The third-order valence-corrected chi connectivity index (χ3v) is 7.48. The predicted octanol–water partition coefficient (Wildman–Crippen LogP) is 5.09. The van der Waals surface area contributed by atoms with Gasteiger partial charge in [-0.2, -0.15) is 0 Å². The van der Waals surface area contributed by atoms with Crippen molar-refractivity contribution in [1.82, 2.24) is 15.3 Å². The third-order valence-electron chi connectivity index (χ3n) is 5.16. The Bertz CT molecular complexity index is 874. The number of hydrogen-bond acceptors (Lipinski definition) is 5. The average Bonchev–Trinajstić information content (AvgIpc) is 3.31.